The molecule has 0 radical (unpaired) electrons. The summed E-state index contributed by atoms with van der Waals surface area (Å²) in [5, 5.41) is 12.8. The van der Waals surface area contributed by atoms with Gasteiger partial charge in [-0.3, -0.25) is 10.1 Å². The molecule has 0 saturated carbocycles. The van der Waals surface area contributed by atoms with Gasteiger partial charge in [-0.05, 0) is 31.2 Å². The Labute approximate surface area is 134 Å². The lowest BCUT2D eigenvalue weighted by Crippen LogP contribution is -2.91. The molecule has 1 aliphatic rings. The van der Waals surface area contributed by atoms with Crippen LogP contribution >= 0.6 is 0 Å². The number of quaternary nitrogens is 1. The average Bonchev–Trinajstić information content (AvgIpc) is 2.59. The van der Waals surface area contributed by atoms with Crippen LogP contribution in [-0.4, -0.2) is 23.7 Å². The Morgan fingerprint density at radius 1 is 1.22 bits per heavy atom. The fourth-order valence-electron chi connectivity index (χ4n) is 2.52. The van der Waals surface area contributed by atoms with E-state index in [-0.39, 0.29) is 22.8 Å². The molecule has 0 unspecified atom stereocenters. The fraction of sp³-hybridized carbons (Fsp3) is 0.294. The normalized spacial score (nSPS) is 17.5. The van der Waals surface area contributed by atoms with Crippen molar-refractivity contribution in [3.05, 3.63) is 64.2 Å². The molecule has 3 rings (SSSR count). The number of benzene rings is 2. The molecule has 0 saturated heterocycles. The SMILES string of the molecule is C[C@@H]([NH2+]Cc1ccc([N+](=O)[O-])cc1)[C@@H]1COc2ccccc2O1. The Kier molecular flexibility index (Phi) is 4.43. The highest BCUT2D eigenvalue weighted by atomic mass is 16.6. The van der Waals surface area contributed by atoms with E-state index < -0.39 is 0 Å². The minimum Gasteiger partial charge on any atom is -0.486 e. The van der Waals surface area contributed by atoms with Crippen molar-refractivity contribution < 1.29 is 19.7 Å². The number of ether oxygens (including phenoxy) is 2. The molecule has 0 bridgehead atoms. The van der Waals surface area contributed by atoms with Crippen LogP contribution in [0.2, 0.25) is 0 Å². The molecule has 0 aliphatic carbocycles. The van der Waals surface area contributed by atoms with Gasteiger partial charge >= 0.3 is 0 Å². The van der Waals surface area contributed by atoms with Crippen molar-refractivity contribution in [1.29, 1.82) is 0 Å². The molecule has 2 N–H and O–H groups in total. The number of rotatable bonds is 5. The largest absolute Gasteiger partial charge is 0.486 e. The van der Waals surface area contributed by atoms with Gasteiger partial charge < -0.3 is 14.8 Å². The van der Waals surface area contributed by atoms with Crippen LogP contribution in [0.4, 0.5) is 5.69 Å². The summed E-state index contributed by atoms with van der Waals surface area (Å²) in [7, 11) is 0. The lowest BCUT2D eigenvalue weighted by atomic mass is 10.1. The molecule has 120 valence electrons. The number of nitro benzene ring substituents is 1. The fourth-order valence-corrected chi connectivity index (χ4v) is 2.52. The van der Waals surface area contributed by atoms with Crippen molar-refractivity contribution in [2.75, 3.05) is 6.61 Å². The minimum atomic E-state index is -0.388. The maximum atomic E-state index is 10.7. The van der Waals surface area contributed by atoms with Crippen LogP contribution in [0, 0.1) is 10.1 Å². The van der Waals surface area contributed by atoms with E-state index in [9.17, 15) is 10.1 Å². The van der Waals surface area contributed by atoms with E-state index in [1.54, 1.807) is 12.1 Å². The summed E-state index contributed by atoms with van der Waals surface area (Å²) in [6.07, 6.45) is -0.0250. The highest BCUT2D eigenvalue weighted by Crippen LogP contribution is 2.31. The topological polar surface area (TPSA) is 78.2 Å². The first-order chi connectivity index (χ1) is 11.1. The van der Waals surface area contributed by atoms with E-state index in [0.29, 0.717) is 6.61 Å². The van der Waals surface area contributed by atoms with Crippen molar-refractivity contribution in [1.82, 2.24) is 0 Å². The lowest BCUT2D eigenvalue weighted by molar-refractivity contribution is -0.707. The molecule has 23 heavy (non-hydrogen) atoms. The Balaban J connectivity index is 1.55. The summed E-state index contributed by atoms with van der Waals surface area (Å²) in [4.78, 5) is 10.3. The number of nitrogens with two attached hydrogens (primary N) is 1. The number of non-ortho nitro benzene ring substituents is 1. The monoisotopic (exact) mass is 315 g/mol. The van der Waals surface area contributed by atoms with Crippen LogP contribution in [0.15, 0.2) is 48.5 Å². The number of nitrogens with zero attached hydrogens (tertiary/aromatic N) is 1. The van der Waals surface area contributed by atoms with Gasteiger partial charge in [-0.25, -0.2) is 0 Å². The highest BCUT2D eigenvalue weighted by Gasteiger charge is 2.28. The molecule has 6 heteroatoms. The van der Waals surface area contributed by atoms with Gasteiger partial charge in [0, 0.05) is 17.7 Å². The van der Waals surface area contributed by atoms with Gasteiger partial charge in [0.2, 0.25) is 0 Å². The smallest absolute Gasteiger partial charge is 0.269 e. The molecule has 0 amide bonds. The third-order valence-electron chi connectivity index (χ3n) is 3.99. The van der Waals surface area contributed by atoms with E-state index in [4.69, 9.17) is 9.47 Å². The summed E-state index contributed by atoms with van der Waals surface area (Å²) in [5.41, 5.74) is 1.15. The van der Waals surface area contributed by atoms with E-state index in [2.05, 4.69) is 12.2 Å². The lowest BCUT2D eigenvalue weighted by Gasteiger charge is -2.29. The van der Waals surface area contributed by atoms with Crippen LogP contribution in [0.1, 0.15) is 12.5 Å². The second kappa shape index (κ2) is 6.66. The van der Waals surface area contributed by atoms with Crippen LogP contribution in [0.25, 0.3) is 0 Å². The van der Waals surface area contributed by atoms with Gasteiger partial charge in [-0.1, -0.05) is 12.1 Å². The molecule has 1 aliphatic heterocycles. The summed E-state index contributed by atoms with van der Waals surface area (Å²) >= 11 is 0. The van der Waals surface area contributed by atoms with Crippen LogP contribution < -0.4 is 14.8 Å². The van der Waals surface area contributed by atoms with Gasteiger partial charge in [-0.2, -0.15) is 0 Å². The zero-order chi connectivity index (χ0) is 16.2. The summed E-state index contributed by atoms with van der Waals surface area (Å²) in [5.74, 6) is 1.56. The van der Waals surface area contributed by atoms with Crippen molar-refractivity contribution in [3.8, 4) is 11.5 Å². The number of hydrogen-bond donors (Lipinski definition) is 1. The quantitative estimate of drug-likeness (QED) is 0.675. The van der Waals surface area contributed by atoms with Crippen molar-refractivity contribution in [2.24, 2.45) is 0 Å². The Morgan fingerprint density at radius 2 is 1.91 bits per heavy atom. The first-order valence-corrected chi connectivity index (χ1v) is 7.58. The van der Waals surface area contributed by atoms with E-state index >= 15 is 0 Å². The van der Waals surface area contributed by atoms with Crippen molar-refractivity contribution in [3.63, 3.8) is 0 Å². The Bertz CT molecular complexity index is 687. The molecule has 0 aromatic heterocycles. The molecular formula is C17H19N2O4+. The van der Waals surface area contributed by atoms with Crippen LogP contribution in [0.5, 0.6) is 11.5 Å². The number of hydrogen-bond acceptors (Lipinski definition) is 4. The molecule has 1 heterocycles. The van der Waals surface area contributed by atoms with Crippen molar-refractivity contribution >= 4 is 5.69 Å². The molecule has 2 aromatic carbocycles. The van der Waals surface area contributed by atoms with Crippen LogP contribution in [0.3, 0.4) is 0 Å². The zero-order valence-electron chi connectivity index (χ0n) is 12.8. The average molecular weight is 315 g/mol. The van der Waals surface area contributed by atoms with E-state index in [1.165, 1.54) is 12.1 Å². The van der Waals surface area contributed by atoms with Gasteiger partial charge in [-0.15, -0.1) is 0 Å². The molecule has 0 spiro atoms. The predicted octanol–water partition coefficient (Wildman–Crippen LogP) is 1.89. The first kappa shape index (κ1) is 15.3. The molecule has 0 fully saturated rings. The van der Waals surface area contributed by atoms with E-state index in [0.717, 1.165) is 23.6 Å². The third kappa shape index (κ3) is 3.60. The van der Waals surface area contributed by atoms with Gasteiger partial charge in [0.1, 0.15) is 19.2 Å². The standard InChI is InChI=1S/C17H18N2O4/c1-12(17-11-22-15-4-2-3-5-16(15)23-17)18-10-13-6-8-14(9-7-13)19(20)21/h2-9,12,17-18H,10-11H2,1H3/p+1/t12-,17+/m1/s1. The highest BCUT2D eigenvalue weighted by molar-refractivity contribution is 5.40. The third-order valence-corrected chi connectivity index (χ3v) is 3.99. The van der Waals surface area contributed by atoms with Crippen LogP contribution in [-0.2, 0) is 6.54 Å². The van der Waals surface area contributed by atoms with Gasteiger partial charge in [0.05, 0.1) is 4.92 Å². The molecule has 2 atom stereocenters. The van der Waals surface area contributed by atoms with E-state index in [1.807, 2.05) is 24.3 Å². The zero-order valence-corrected chi connectivity index (χ0v) is 12.8. The second-order valence-electron chi connectivity index (χ2n) is 5.64. The second-order valence-corrected chi connectivity index (χ2v) is 5.64. The number of nitro groups is 1. The van der Waals surface area contributed by atoms with Gasteiger partial charge in [0.25, 0.3) is 5.69 Å². The predicted molar refractivity (Wildman–Crippen MR) is 84.5 cm³/mol. The summed E-state index contributed by atoms with van der Waals surface area (Å²) in [6, 6.07) is 14.5. The maximum Gasteiger partial charge on any atom is 0.269 e. The molecule has 6 nitrogen and oxygen atoms in total. The van der Waals surface area contributed by atoms with Gasteiger partial charge in [0.15, 0.2) is 17.6 Å². The summed E-state index contributed by atoms with van der Waals surface area (Å²) in [6.45, 7) is 3.35. The maximum absolute atomic E-state index is 10.7. The Hall–Kier alpha value is -2.60. The first-order valence-electron chi connectivity index (χ1n) is 7.58. The number of para-hydroxylation sites is 2. The summed E-state index contributed by atoms with van der Waals surface area (Å²) < 4.78 is 11.7. The van der Waals surface area contributed by atoms with Crippen molar-refractivity contribution in [2.45, 2.75) is 25.6 Å². The minimum absolute atomic E-state index is 0.0250. The number of fused-ring (bicyclic) bond motifs is 1. The molecular weight excluding hydrogens is 296 g/mol. The Morgan fingerprint density at radius 3 is 2.61 bits per heavy atom. The molecule has 2 aromatic rings.